The van der Waals surface area contributed by atoms with E-state index in [0.29, 0.717) is 17.7 Å². The number of hydrogen-bond donors (Lipinski definition) is 1. The van der Waals surface area contributed by atoms with Crippen molar-refractivity contribution in [2.45, 2.75) is 69.6 Å². The second kappa shape index (κ2) is 5.65. The van der Waals surface area contributed by atoms with E-state index in [4.69, 9.17) is 9.73 Å². The lowest BCUT2D eigenvalue weighted by Crippen LogP contribution is -2.46. The van der Waals surface area contributed by atoms with E-state index in [-0.39, 0.29) is 0 Å². The molecule has 3 nitrogen and oxygen atoms in total. The molecule has 0 aromatic carbocycles. The SMILES string of the molecule is COC1CCC(N=C2NC3(CCC(C)CC3)CS2)C1. The van der Waals surface area contributed by atoms with Crippen LogP contribution in [0.15, 0.2) is 4.99 Å². The monoisotopic (exact) mass is 282 g/mol. The molecule has 1 N–H and O–H groups in total. The Bertz CT molecular complexity index is 350. The van der Waals surface area contributed by atoms with E-state index < -0.39 is 0 Å². The van der Waals surface area contributed by atoms with E-state index in [0.717, 1.165) is 12.3 Å². The highest BCUT2D eigenvalue weighted by atomic mass is 32.2. The standard InChI is InChI=1S/C15H26N2OS/c1-11-5-7-15(8-6-11)10-19-14(17-15)16-12-3-4-13(9-12)18-2/h11-13H,3-10H2,1-2H3,(H,16,17). The quantitative estimate of drug-likeness (QED) is 0.844. The van der Waals surface area contributed by atoms with Gasteiger partial charge in [0.25, 0.3) is 0 Å². The van der Waals surface area contributed by atoms with Crippen molar-refractivity contribution < 1.29 is 4.74 Å². The van der Waals surface area contributed by atoms with Crippen molar-refractivity contribution in [3.63, 3.8) is 0 Å². The molecule has 3 aliphatic rings. The van der Waals surface area contributed by atoms with Gasteiger partial charge < -0.3 is 10.1 Å². The van der Waals surface area contributed by atoms with E-state index in [1.54, 1.807) is 0 Å². The molecular formula is C15H26N2OS. The van der Waals surface area contributed by atoms with Crippen LogP contribution in [-0.2, 0) is 4.74 Å². The summed E-state index contributed by atoms with van der Waals surface area (Å²) in [6, 6.07) is 0.484. The van der Waals surface area contributed by atoms with E-state index in [2.05, 4.69) is 12.2 Å². The van der Waals surface area contributed by atoms with Crippen molar-refractivity contribution in [1.82, 2.24) is 5.32 Å². The van der Waals surface area contributed by atoms with Gasteiger partial charge in [0.05, 0.1) is 12.1 Å². The first-order chi connectivity index (χ1) is 9.19. The van der Waals surface area contributed by atoms with Crippen molar-refractivity contribution in [3.05, 3.63) is 0 Å². The molecule has 0 aromatic heterocycles. The van der Waals surface area contributed by atoms with Crippen LogP contribution in [0.3, 0.4) is 0 Å². The minimum absolute atomic E-state index is 0.370. The highest BCUT2D eigenvalue weighted by Crippen LogP contribution is 2.38. The van der Waals surface area contributed by atoms with Crippen LogP contribution in [0, 0.1) is 5.92 Å². The number of methoxy groups -OCH3 is 1. The molecular weight excluding hydrogens is 256 g/mol. The summed E-state index contributed by atoms with van der Waals surface area (Å²) in [5.41, 5.74) is 0.370. The summed E-state index contributed by atoms with van der Waals surface area (Å²) in [7, 11) is 1.82. The third-order valence-corrected chi connectivity index (χ3v) is 6.26. The smallest absolute Gasteiger partial charge is 0.157 e. The van der Waals surface area contributed by atoms with Gasteiger partial charge in [-0.1, -0.05) is 18.7 Å². The first-order valence-electron chi connectivity index (χ1n) is 7.71. The van der Waals surface area contributed by atoms with Crippen molar-refractivity contribution >= 4 is 16.9 Å². The summed E-state index contributed by atoms with van der Waals surface area (Å²) in [6.45, 7) is 2.38. The summed E-state index contributed by atoms with van der Waals surface area (Å²) in [4.78, 5) is 4.93. The van der Waals surface area contributed by atoms with E-state index in [1.165, 1.54) is 49.4 Å². The average molecular weight is 282 g/mol. The molecule has 1 heterocycles. The number of thioether (sulfide) groups is 1. The normalized spacial score (nSPS) is 44.9. The first kappa shape index (κ1) is 13.7. The van der Waals surface area contributed by atoms with Crippen LogP contribution in [0.25, 0.3) is 0 Å². The second-order valence-electron chi connectivity index (χ2n) is 6.64. The maximum atomic E-state index is 5.43. The number of ether oxygens (including phenoxy) is 1. The van der Waals surface area contributed by atoms with Crippen molar-refractivity contribution in [2.75, 3.05) is 12.9 Å². The Balaban J connectivity index is 1.57. The lowest BCUT2D eigenvalue weighted by atomic mass is 9.78. The van der Waals surface area contributed by atoms with Crippen LogP contribution in [0.5, 0.6) is 0 Å². The molecule has 19 heavy (non-hydrogen) atoms. The summed E-state index contributed by atoms with van der Waals surface area (Å²) in [6.07, 6.45) is 9.29. The molecule has 2 aliphatic carbocycles. The predicted octanol–water partition coefficient (Wildman–Crippen LogP) is 3.20. The van der Waals surface area contributed by atoms with Gasteiger partial charge in [-0.25, -0.2) is 0 Å². The van der Waals surface area contributed by atoms with E-state index >= 15 is 0 Å². The second-order valence-corrected chi connectivity index (χ2v) is 7.60. The Labute approximate surface area is 121 Å². The van der Waals surface area contributed by atoms with Crippen molar-refractivity contribution in [2.24, 2.45) is 10.9 Å². The summed E-state index contributed by atoms with van der Waals surface area (Å²) in [5.74, 6) is 2.13. The maximum Gasteiger partial charge on any atom is 0.157 e. The molecule has 0 aromatic rings. The molecule has 0 amide bonds. The van der Waals surface area contributed by atoms with Crippen molar-refractivity contribution in [1.29, 1.82) is 0 Å². The number of hydrogen-bond acceptors (Lipinski definition) is 3. The van der Waals surface area contributed by atoms with E-state index in [9.17, 15) is 0 Å². The number of aliphatic imine (C=N–C) groups is 1. The fourth-order valence-electron chi connectivity index (χ4n) is 3.57. The Kier molecular flexibility index (Phi) is 4.08. The molecule has 1 aliphatic heterocycles. The average Bonchev–Trinajstić information content (AvgIpc) is 3.02. The zero-order valence-corrected chi connectivity index (χ0v) is 13.0. The van der Waals surface area contributed by atoms with Crippen LogP contribution >= 0.6 is 11.8 Å². The fourth-order valence-corrected chi connectivity index (χ4v) is 4.86. The number of nitrogens with zero attached hydrogens (tertiary/aromatic N) is 1. The first-order valence-corrected chi connectivity index (χ1v) is 8.69. The van der Waals surface area contributed by atoms with Gasteiger partial charge in [0.2, 0.25) is 0 Å². The minimum atomic E-state index is 0.370. The molecule has 2 atom stereocenters. The molecule has 108 valence electrons. The summed E-state index contributed by atoms with van der Waals surface area (Å²) < 4.78 is 5.43. The fraction of sp³-hybridized carbons (Fsp3) is 0.933. The molecule has 1 spiro atoms. The van der Waals surface area contributed by atoms with Crippen LogP contribution in [0.4, 0.5) is 0 Å². The van der Waals surface area contributed by atoms with Crippen LogP contribution in [0.2, 0.25) is 0 Å². The van der Waals surface area contributed by atoms with Gasteiger partial charge in [-0.3, -0.25) is 4.99 Å². The van der Waals surface area contributed by atoms with Gasteiger partial charge in [0.1, 0.15) is 0 Å². The Morgan fingerprint density at radius 2 is 2.05 bits per heavy atom. The van der Waals surface area contributed by atoms with E-state index in [1.807, 2.05) is 18.9 Å². The lowest BCUT2D eigenvalue weighted by Gasteiger charge is -2.35. The van der Waals surface area contributed by atoms with Gasteiger partial charge in [0, 0.05) is 18.4 Å². The molecule has 2 unspecified atom stereocenters. The zero-order chi connectivity index (χ0) is 13.3. The molecule has 1 saturated heterocycles. The number of rotatable bonds is 2. The largest absolute Gasteiger partial charge is 0.381 e. The van der Waals surface area contributed by atoms with Crippen LogP contribution in [0.1, 0.15) is 51.9 Å². The minimum Gasteiger partial charge on any atom is -0.381 e. The van der Waals surface area contributed by atoms with Gasteiger partial charge >= 0.3 is 0 Å². The van der Waals surface area contributed by atoms with Crippen molar-refractivity contribution in [3.8, 4) is 0 Å². The highest BCUT2D eigenvalue weighted by Gasteiger charge is 2.40. The molecule has 0 radical (unpaired) electrons. The predicted molar refractivity (Wildman–Crippen MR) is 81.8 cm³/mol. The Morgan fingerprint density at radius 1 is 1.26 bits per heavy atom. The highest BCUT2D eigenvalue weighted by molar-refractivity contribution is 8.14. The summed E-state index contributed by atoms with van der Waals surface area (Å²) in [5, 5.41) is 4.96. The molecule has 2 saturated carbocycles. The number of amidine groups is 1. The lowest BCUT2D eigenvalue weighted by molar-refractivity contribution is 0.108. The van der Waals surface area contributed by atoms with Gasteiger partial charge in [-0.05, 0) is 50.9 Å². The molecule has 4 heteroatoms. The summed E-state index contributed by atoms with van der Waals surface area (Å²) >= 11 is 1.94. The molecule has 0 bridgehead atoms. The molecule has 3 fully saturated rings. The topological polar surface area (TPSA) is 33.6 Å². The Hall–Kier alpha value is -0.220. The molecule has 3 rings (SSSR count). The number of nitrogens with one attached hydrogen (secondary N) is 1. The Morgan fingerprint density at radius 3 is 2.74 bits per heavy atom. The van der Waals surface area contributed by atoms with Crippen LogP contribution < -0.4 is 5.32 Å². The maximum absolute atomic E-state index is 5.43. The zero-order valence-electron chi connectivity index (χ0n) is 12.2. The van der Waals surface area contributed by atoms with Crippen LogP contribution in [-0.4, -0.2) is 35.7 Å². The van der Waals surface area contributed by atoms with Gasteiger partial charge in [-0.15, -0.1) is 0 Å². The third-order valence-electron chi connectivity index (χ3n) is 5.08. The van der Waals surface area contributed by atoms with Gasteiger partial charge in [0.15, 0.2) is 5.17 Å². The third kappa shape index (κ3) is 3.10. The van der Waals surface area contributed by atoms with Gasteiger partial charge in [-0.2, -0.15) is 0 Å².